The monoisotopic (exact) mass is 495 g/mol. The second-order valence-electron chi connectivity index (χ2n) is 8.50. The maximum absolute atomic E-state index is 13.0. The summed E-state index contributed by atoms with van der Waals surface area (Å²) in [6.07, 6.45) is 1.38. The molecule has 2 aromatic carbocycles. The number of phenols is 1. The molecule has 36 heavy (non-hydrogen) atoms. The maximum Gasteiger partial charge on any atom is 0.303 e. The molecule has 0 aliphatic carbocycles. The summed E-state index contributed by atoms with van der Waals surface area (Å²) in [6.45, 7) is 0. The van der Waals surface area contributed by atoms with E-state index in [1.165, 1.54) is 12.1 Å². The number of aliphatic carboxylic acids is 1. The zero-order chi connectivity index (χ0) is 26.2. The number of nitrogens with two attached hydrogens (primary N) is 2. The predicted octanol–water partition coefficient (Wildman–Crippen LogP) is 0.306. The molecule has 0 aliphatic rings. The number of hydrogen-bond donors (Lipinski definition) is 7. The van der Waals surface area contributed by atoms with Gasteiger partial charge in [-0.2, -0.15) is 0 Å². The number of carbonyl (C=O) groups excluding carboxylic acids is 3. The number of carboxylic acid groups (broad SMARTS) is 1. The molecule has 0 spiro atoms. The van der Waals surface area contributed by atoms with Crippen molar-refractivity contribution in [3.8, 4) is 5.75 Å². The van der Waals surface area contributed by atoms with Gasteiger partial charge in [0, 0.05) is 29.9 Å². The second kappa shape index (κ2) is 11.8. The number of aromatic hydroxyl groups is 1. The molecular weight excluding hydrogens is 466 g/mol. The van der Waals surface area contributed by atoms with Crippen molar-refractivity contribution in [2.75, 3.05) is 0 Å². The largest absolute Gasteiger partial charge is 0.508 e. The van der Waals surface area contributed by atoms with Gasteiger partial charge in [0.2, 0.25) is 17.7 Å². The van der Waals surface area contributed by atoms with E-state index in [1.54, 1.807) is 18.3 Å². The van der Waals surface area contributed by atoms with Crippen molar-refractivity contribution in [3.05, 3.63) is 65.9 Å². The first-order chi connectivity index (χ1) is 17.1. The number of carbonyl (C=O) groups is 4. The first-order valence-electron chi connectivity index (χ1n) is 11.3. The van der Waals surface area contributed by atoms with Crippen LogP contribution in [0.3, 0.4) is 0 Å². The lowest BCUT2D eigenvalue weighted by Gasteiger charge is -2.23. The van der Waals surface area contributed by atoms with Gasteiger partial charge in [0.1, 0.15) is 17.8 Å². The van der Waals surface area contributed by atoms with Gasteiger partial charge < -0.3 is 37.3 Å². The normalized spacial score (nSPS) is 13.5. The maximum atomic E-state index is 13.0. The molecule has 11 heteroatoms. The van der Waals surface area contributed by atoms with Crippen molar-refractivity contribution < 1.29 is 29.4 Å². The van der Waals surface area contributed by atoms with Crippen LogP contribution in [0.2, 0.25) is 0 Å². The second-order valence-corrected chi connectivity index (χ2v) is 8.50. The Bertz CT molecular complexity index is 1240. The summed E-state index contributed by atoms with van der Waals surface area (Å²) in [5.74, 6) is -3.32. The fourth-order valence-electron chi connectivity index (χ4n) is 3.81. The molecule has 11 nitrogen and oxygen atoms in total. The lowest BCUT2D eigenvalue weighted by molar-refractivity contribution is -0.138. The summed E-state index contributed by atoms with van der Waals surface area (Å²) >= 11 is 0. The van der Waals surface area contributed by atoms with Crippen molar-refractivity contribution in [2.45, 2.75) is 43.8 Å². The summed E-state index contributed by atoms with van der Waals surface area (Å²) in [4.78, 5) is 52.0. The summed E-state index contributed by atoms with van der Waals surface area (Å²) < 4.78 is 0. The third kappa shape index (κ3) is 7.06. The highest BCUT2D eigenvalue weighted by Gasteiger charge is 2.28. The third-order valence-corrected chi connectivity index (χ3v) is 5.77. The number of para-hydroxylation sites is 1. The minimum Gasteiger partial charge on any atom is -0.508 e. The van der Waals surface area contributed by atoms with E-state index in [-0.39, 0.29) is 25.0 Å². The molecule has 0 aliphatic heterocycles. The number of amides is 3. The number of primary amides is 1. The zero-order valence-corrected chi connectivity index (χ0v) is 19.4. The van der Waals surface area contributed by atoms with Crippen molar-refractivity contribution in [1.82, 2.24) is 15.6 Å². The van der Waals surface area contributed by atoms with Crippen LogP contribution in [0.1, 0.15) is 24.0 Å². The predicted molar refractivity (Wildman–Crippen MR) is 132 cm³/mol. The van der Waals surface area contributed by atoms with Crippen LogP contribution in [-0.2, 0) is 32.0 Å². The standard InChI is InChI=1S/C25H29N5O6/c26-18(12-15-13-28-19-4-2-1-3-17(15)19)24(35)29-20(9-10-22(32)33)25(36)30-21(23(27)34)11-14-5-7-16(31)8-6-14/h1-8,13,18,20-21,28,31H,9-12,26H2,(H2,27,34)(H,29,35)(H,30,36)(H,32,33). The molecule has 9 N–H and O–H groups in total. The molecule has 3 rings (SSSR count). The van der Waals surface area contributed by atoms with E-state index in [1.807, 2.05) is 24.3 Å². The number of aromatic nitrogens is 1. The smallest absolute Gasteiger partial charge is 0.303 e. The Labute approximate surface area is 206 Å². The minimum atomic E-state index is -1.25. The van der Waals surface area contributed by atoms with Gasteiger partial charge in [0.15, 0.2) is 0 Å². The highest BCUT2D eigenvalue weighted by molar-refractivity contribution is 5.93. The molecule has 0 saturated heterocycles. The van der Waals surface area contributed by atoms with Crippen molar-refractivity contribution in [3.63, 3.8) is 0 Å². The van der Waals surface area contributed by atoms with E-state index in [0.29, 0.717) is 5.56 Å². The lowest BCUT2D eigenvalue weighted by atomic mass is 10.0. The molecular formula is C25H29N5O6. The summed E-state index contributed by atoms with van der Waals surface area (Å²) in [5.41, 5.74) is 13.9. The Hall–Kier alpha value is -4.38. The molecule has 0 radical (unpaired) electrons. The van der Waals surface area contributed by atoms with Gasteiger partial charge >= 0.3 is 5.97 Å². The highest BCUT2D eigenvalue weighted by atomic mass is 16.4. The molecule has 3 amide bonds. The first kappa shape index (κ1) is 26.2. The highest BCUT2D eigenvalue weighted by Crippen LogP contribution is 2.19. The molecule has 1 heterocycles. The number of fused-ring (bicyclic) bond motifs is 1. The number of nitrogens with one attached hydrogen (secondary N) is 3. The summed E-state index contributed by atoms with van der Waals surface area (Å²) in [6, 6.07) is 10.2. The molecule has 3 unspecified atom stereocenters. The quantitative estimate of drug-likeness (QED) is 0.187. The average Bonchev–Trinajstić information content (AvgIpc) is 3.24. The fourth-order valence-corrected chi connectivity index (χ4v) is 3.81. The summed E-state index contributed by atoms with van der Waals surface area (Å²) in [7, 11) is 0. The third-order valence-electron chi connectivity index (χ3n) is 5.77. The van der Waals surface area contributed by atoms with Crippen LogP contribution in [0.15, 0.2) is 54.7 Å². The van der Waals surface area contributed by atoms with E-state index in [4.69, 9.17) is 16.6 Å². The van der Waals surface area contributed by atoms with E-state index in [9.17, 15) is 24.3 Å². The van der Waals surface area contributed by atoms with Gasteiger partial charge in [-0.15, -0.1) is 0 Å². The van der Waals surface area contributed by atoms with E-state index < -0.39 is 48.2 Å². The van der Waals surface area contributed by atoms with Crippen molar-refractivity contribution in [1.29, 1.82) is 0 Å². The Morgan fingerprint density at radius 3 is 2.25 bits per heavy atom. The fraction of sp³-hybridized carbons (Fsp3) is 0.280. The van der Waals surface area contributed by atoms with Gasteiger partial charge in [-0.25, -0.2) is 0 Å². The van der Waals surface area contributed by atoms with Crippen LogP contribution in [-0.4, -0.2) is 57.0 Å². The number of H-pyrrole nitrogens is 1. The van der Waals surface area contributed by atoms with Crippen LogP contribution < -0.4 is 22.1 Å². The van der Waals surface area contributed by atoms with E-state index >= 15 is 0 Å². The molecule has 3 aromatic rings. The molecule has 0 fully saturated rings. The van der Waals surface area contributed by atoms with Crippen molar-refractivity contribution in [2.24, 2.45) is 11.5 Å². The molecule has 0 bridgehead atoms. The van der Waals surface area contributed by atoms with Gasteiger partial charge in [-0.1, -0.05) is 30.3 Å². The molecule has 0 saturated carbocycles. The van der Waals surface area contributed by atoms with Crippen LogP contribution in [0.4, 0.5) is 0 Å². The summed E-state index contributed by atoms with van der Waals surface area (Å²) in [5, 5.41) is 24.4. The number of benzene rings is 2. The number of aromatic amines is 1. The van der Waals surface area contributed by atoms with Crippen LogP contribution >= 0.6 is 0 Å². The number of hydrogen-bond acceptors (Lipinski definition) is 6. The molecule has 190 valence electrons. The van der Waals surface area contributed by atoms with E-state index in [2.05, 4.69) is 15.6 Å². The van der Waals surface area contributed by atoms with Crippen molar-refractivity contribution >= 4 is 34.6 Å². The van der Waals surface area contributed by atoms with Gasteiger partial charge in [-0.3, -0.25) is 19.2 Å². The topological polar surface area (TPSA) is 201 Å². The average molecular weight is 496 g/mol. The van der Waals surface area contributed by atoms with Crippen LogP contribution in [0.5, 0.6) is 5.75 Å². The number of phenolic OH excluding ortho intramolecular Hbond substituents is 1. The first-order valence-corrected chi connectivity index (χ1v) is 11.3. The molecule has 1 aromatic heterocycles. The Kier molecular flexibility index (Phi) is 8.63. The lowest BCUT2D eigenvalue weighted by Crippen LogP contribution is -2.56. The number of carboxylic acids is 1. The van der Waals surface area contributed by atoms with Gasteiger partial charge in [-0.05, 0) is 42.2 Å². The van der Waals surface area contributed by atoms with E-state index in [0.717, 1.165) is 16.5 Å². The Morgan fingerprint density at radius 2 is 1.58 bits per heavy atom. The Balaban J connectivity index is 1.68. The SMILES string of the molecule is NC(=O)C(Cc1ccc(O)cc1)NC(=O)C(CCC(=O)O)NC(=O)C(N)Cc1c[nH]c2ccccc12. The number of rotatable bonds is 12. The van der Waals surface area contributed by atoms with Crippen LogP contribution in [0, 0.1) is 0 Å². The van der Waals surface area contributed by atoms with Gasteiger partial charge in [0.25, 0.3) is 0 Å². The van der Waals surface area contributed by atoms with Crippen LogP contribution in [0.25, 0.3) is 10.9 Å². The van der Waals surface area contributed by atoms with Gasteiger partial charge in [0.05, 0.1) is 6.04 Å². The zero-order valence-electron chi connectivity index (χ0n) is 19.4. The minimum absolute atomic E-state index is 0.0406. The molecule has 3 atom stereocenters. The Morgan fingerprint density at radius 1 is 0.917 bits per heavy atom.